The second-order valence-electron chi connectivity index (χ2n) is 22.0. The van der Waals surface area contributed by atoms with E-state index < -0.39 is 6.10 Å². The molecule has 0 aromatic heterocycles. The fourth-order valence-corrected chi connectivity index (χ4v) is 9.31. The van der Waals surface area contributed by atoms with E-state index in [1.54, 1.807) is 0 Å². The van der Waals surface area contributed by atoms with Gasteiger partial charge in [0, 0.05) is 19.3 Å². The molecule has 448 valence electrons. The van der Waals surface area contributed by atoms with E-state index in [1.165, 1.54) is 173 Å². The van der Waals surface area contributed by atoms with Crippen molar-refractivity contribution in [2.75, 3.05) is 13.2 Å². The van der Waals surface area contributed by atoms with Crippen LogP contribution in [0.25, 0.3) is 0 Å². The number of allylic oxidation sites excluding steroid dienone is 16. The van der Waals surface area contributed by atoms with E-state index in [9.17, 15) is 14.4 Å². The van der Waals surface area contributed by atoms with E-state index in [4.69, 9.17) is 14.2 Å². The number of esters is 3. The lowest BCUT2D eigenvalue weighted by molar-refractivity contribution is -0.167. The van der Waals surface area contributed by atoms with Gasteiger partial charge >= 0.3 is 17.9 Å². The smallest absolute Gasteiger partial charge is 0.306 e. The van der Waals surface area contributed by atoms with Crippen molar-refractivity contribution in [3.8, 4) is 0 Å². The van der Waals surface area contributed by atoms with Crippen LogP contribution >= 0.6 is 0 Å². The van der Waals surface area contributed by atoms with Crippen molar-refractivity contribution in [2.24, 2.45) is 0 Å². The lowest BCUT2D eigenvalue weighted by atomic mass is 10.0. The van der Waals surface area contributed by atoms with Crippen LogP contribution in [0.5, 0.6) is 0 Å². The first-order valence-corrected chi connectivity index (χ1v) is 33.2. The van der Waals surface area contributed by atoms with Crippen LogP contribution in [-0.2, 0) is 28.6 Å². The SMILES string of the molecule is CC/C=C\C/C=C\C/C=C\C/C=C\C/C=C\CCCCCCCCCCCCCCCCCC(=O)OCC(COC(=O)CCCCCCC/C=C\CCCC)OC(=O)CCCCCCCCC/C=C\C/C=C\CCCCCC. The highest BCUT2D eigenvalue weighted by atomic mass is 16.6. The zero-order valence-corrected chi connectivity index (χ0v) is 51.4. The molecule has 0 spiro atoms. The normalized spacial score (nSPS) is 12.7. The standard InChI is InChI=1S/C72H124O6/c1-4-7-10-13-16-19-22-24-26-28-30-31-32-33-34-35-36-37-38-39-40-41-42-44-45-47-50-53-56-59-62-65-71(74)77-68-69(67-76-70(73)64-61-58-55-52-49-21-18-15-12-9-6-3)78-72(75)66-63-60-57-54-51-48-46-43-29-27-25-23-20-17-14-11-8-5-2/h7,10,15-16,18-20,23-24,26-27,29-31,33-34,69H,4-6,8-9,11-14,17,21-22,25,28,32,35-68H2,1-3H3/b10-7-,18-15-,19-16-,23-20-,26-24-,29-27-,31-30-,34-33-. The summed E-state index contributed by atoms with van der Waals surface area (Å²) in [6.07, 6.45) is 88.6. The summed E-state index contributed by atoms with van der Waals surface area (Å²) in [5, 5.41) is 0. The third-order valence-corrected chi connectivity index (χ3v) is 14.3. The Bertz CT molecular complexity index is 1530. The number of hydrogen-bond acceptors (Lipinski definition) is 6. The molecule has 0 aliphatic heterocycles. The minimum atomic E-state index is -0.785. The Morgan fingerprint density at radius 2 is 0.513 bits per heavy atom. The number of rotatable bonds is 60. The Morgan fingerprint density at radius 1 is 0.269 bits per heavy atom. The lowest BCUT2D eigenvalue weighted by Crippen LogP contribution is -2.30. The molecule has 0 amide bonds. The van der Waals surface area contributed by atoms with Crippen molar-refractivity contribution in [1.29, 1.82) is 0 Å². The lowest BCUT2D eigenvalue weighted by Gasteiger charge is -2.18. The fourth-order valence-electron chi connectivity index (χ4n) is 9.31. The average Bonchev–Trinajstić information content (AvgIpc) is 3.44. The van der Waals surface area contributed by atoms with Gasteiger partial charge in [-0.3, -0.25) is 14.4 Å². The van der Waals surface area contributed by atoms with Crippen molar-refractivity contribution < 1.29 is 28.6 Å². The van der Waals surface area contributed by atoms with Crippen LogP contribution in [0, 0.1) is 0 Å². The second-order valence-corrected chi connectivity index (χ2v) is 22.0. The molecule has 0 rings (SSSR count). The number of unbranched alkanes of at least 4 members (excludes halogenated alkanes) is 33. The number of hydrogen-bond donors (Lipinski definition) is 0. The molecule has 0 aliphatic carbocycles. The summed E-state index contributed by atoms with van der Waals surface area (Å²) in [6.45, 7) is 6.48. The molecule has 0 saturated heterocycles. The quantitative estimate of drug-likeness (QED) is 0.0261. The monoisotopic (exact) mass is 1080 g/mol. The minimum Gasteiger partial charge on any atom is -0.462 e. The third-order valence-electron chi connectivity index (χ3n) is 14.3. The highest BCUT2D eigenvalue weighted by molar-refractivity contribution is 5.71. The van der Waals surface area contributed by atoms with E-state index in [2.05, 4.69) is 118 Å². The average molecular weight is 1090 g/mol. The van der Waals surface area contributed by atoms with Gasteiger partial charge in [0.1, 0.15) is 13.2 Å². The van der Waals surface area contributed by atoms with E-state index >= 15 is 0 Å². The Labute approximate surface area is 483 Å². The van der Waals surface area contributed by atoms with Gasteiger partial charge in [-0.25, -0.2) is 0 Å². The van der Waals surface area contributed by atoms with Crippen molar-refractivity contribution in [1.82, 2.24) is 0 Å². The topological polar surface area (TPSA) is 78.9 Å². The molecule has 0 saturated carbocycles. The van der Waals surface area contributed by atoms with Crippen molar-refractivity contribution in [2.45, 2.75) is 329 Å². The van der Waals surface area contributed by atoms with Gasteiger partial charge in [0.2, 0.25) is 0 Å². The van der Waals surface area contributed by atoms with Crippen LogP contribution in [0.2, 0.25) is 0 Å². The zero-order valence-electron chi connectivity index (χ0n) is 51.4. The highest BCUT2D eigenvalue weighted by Gasteiger charge is 2.19. The molecule has 6 nitrogen and oxygen atoms in total. The van der Waals surface area contributed by atoms with E-state index in [0.29, 0.717) is 19.3 Å². The summed E-state index contributed by atoms with van der Waals surface area (Å²) in [5.41, 5.74) is 0. The summed E-state index contributed by atoms with van der Waals surface area (Å²) >= 11 is 0. The molecule has 0 aromatic rings. The van der Waals surface area contributed by atoms with Gasteiger partial charge in [0.05, 0.1) is 0 Å². The van der Waals surface area contributed by atoms with Crippen LogP contribution < -0.4 is 0 Å². The van der Waals surface area contributed by atoms with Gasteiger partial charge in [-0.05, 0) is 116 Å². The maximum atomic E-state index is 12.9. The van der Waals surface area contributed by atoms with Crippen LogP contribution in [0.15, 0.2) is 97.2 Å². The summed E-state index contributed by atoms with van der Waals surface area (Å²) < 4.78 is 16.9. The maximum absolute atomic E-state index is 12.9. The van der Waals surface area contributed by atoms with Gasteiger partial charge in [-0.1, -0.05) is 285 Å². The molecule has 0 fully saturated rings. The summed E-state index contributed by atoms with van der Waals surface area (Å²) in [7, 11) is 0. The Kier molecular flexibility index (Phi) is 62.7. The van der Waals surface area contributed by atoms with Gasteiger partial charge in [-0.2, -0.15) is 0 Å². The molecule has 78 heavy (non-hydrogen) atoms. The number of carbonyl (C=O) groups excluding carboxylic acids is 3. The maximum Gasteiger partial charge on any atom is 0.306 e. The molecular formula is C72H124O6. The zero-order chi connectivity index (χ0) is 56.4. The van der Waals surface area contributed by atoms with Gasteiger partial charge in [-0.15, -0.1) is 0 Å². The molecule has 0 bridgehead atoms. The van der Waals surface area contributed by atoms with Crippen LogP contribution in [0.4, 0.5) is 0 Å². The van der Waals surface area contributed by atoms with Gasteiger partial charge < -0.3 is 14.2 Å². The molecule has 6 heteroatoms. The fraction of sp³-hybridized carbons (Fsp3) is 0.736. The van der Waals surface area contributed by atoms with E-state index in [0.717, 1.165) is 109 Å². The van der Waals surface area contributed by atoms with Crippen molar-refractivity contribution in [3.05, 3.63) is 97.2 Å². The summed E-state index contributed by atoms with van der Waals surface area (Å²) in [6, 6.07) is 0. The Balaban J connectivity index is 4.19. The predicted molar refractivity (Wildman–Crippen MR) is 339 cm³/mol. The largest absolute Gasteiger partial charge is 0.462 e. The molecule has 0 aromatic carbocycles. The number of ether oxygens (including phenoxy) is 3. The van der Waals surface area contributed by atoms with Gasteiger partial charge in [0.15, 0.2) is 6.10 Å². The van der Waals surface area contributed by atoms with Crippen LogP contribution in [0.3, 0.4) is 0 Å². The van der Waals surface area contributed by atoms with E-state index in [-0.39, 0.29) is 31.1 Å². The van der Waals surface area contributed by atoms with Crippen LogP contribution in [0.1, 0.15) is 323 Å². The molecule has 0 aliphatic rings. The summed E-state index contributed by atoms with van der Waals surface area (Å²) in [4.78, 5) is 38.3. The third kappa shape index (κ3) is 63.2. The Morgan fingerprint density at radius 3 is 0.833 bits per heavy atom. The van der Waals surface area contributed by atoms with Crippen molar-refractivity contribution in [3.63, 3.8) is 0 Å². The number of carbonyl (C=O) groups is 3. The molecule has 1 unspecified atom stereocenters. The molecular weight excluding hydrogens is 961 g/mol. The molecule has 0 radical (unpaired) electrons. The molecule has 1 atom stereocenters. The first-order valence-electron chi connectivity index (χ1n) is 33.2. The van der Waals surface area contributed by atoms with Crippen LogP contribution in [-0.4, -0.2) is 37.2 Å². The van der Waals surface area contributed by atoms with E-state index in [1.807, 2.05) is 0 Å². The van der Waals surface area contributed by atoms with Gasteiger partial charge in [0.25, 0.3) is 0 Å². The highest BCUT2D eigenvalue weighted by Crippen LogP contribution is 2.17. The Hall–Kier alpha value is -3.67. The minimum absolute atomic E-state index is 0.0812. The summed E-state index contributed by atoms with van der Waals surface area (Å²) in [5.74, 6) is -0.888. The second kappa shape index (κ2) is 65.8. The van der Waals surface area contributed by atoms with Crippen molar-refractivity contribution >= 4 is 17.9 Å². The predicted octanol–water partition coefficient (Wildman–Crippen LogP) is 22.8. The first-order chi connectivity index (χ1) is 38.5. The molecule has 0 heterocycles. The first kappa shape index (κ1) is 74.3. The molecule has 0 N–H and O–H groups in total.